The molecule has 1 aromatic heterocycles. The summed E-state index contributed by atoms with van der Waals surface area (Å²) >= 11 is 0. The van der Waals surface area contributed by atoms with E-state index in [-0.39, 0.29) is 11.8 Å². The van der Waals surface area contributed by atoms with Crippen molar-refractivity contribution in [2.24, 2.45) is 5.92 Å². The summed E-state index contributed by atoms with van der Waals surface area (Å²) in [6.45, 7) is 3.30. The second-order valence-electron chi connectivity index (χ2n) is 9.65. The Morgan fingerprint density at radius 1 is 1.00 bits per heavy atom. The Morgan fingerprint density at radius 2 is 1.91 bits per heavy atom. The number of carbonyl (C=O) groups excluding carboxylic acids is 2. The molecular weight excluding hydrogens is 438 g/mol. The van der Waals surface area contributed by atoms with Gasteiger partial charge in [-0.1, -0.05) is 24.3 Å². The number of likely N-dealkylation sites (tertiary alicyclic amines) is 2. The van der Waals surface area contributed by atoms with Crippen LogP contribution in [0.15, 0.2) is 60.8 Å². The number of amides is 2. The largest absolute Gasteiger partial charge is 0.491 e. The molecule has 35 heavy (non-hydrogen) atoms. The number of para-hydroxylation sites is 1. The molecule has 2 aliphatic heterocycles. The molecule has 182 valence electrons. The first kappa shape index (κ1) is 23.3. The van der Waals surface area contributed by atoms with Gasteiger partial charge < -0.3 is 14.5 Å². The maximum Gasteiger partial charge on any atom is 0.257 e. The molecule has 2 aromatic carbocycles. The van der Waals surface area contributed by atoms with Crippen molar-refractivity contribution in [1.82, 2.24) is 14.8 Å². The molecule has 6 nitrogen and oxygen atoms in total. The summed E-state index contributed by atoms with van der Waals surface area (Å²) in [4.78, 5) is 33.5. The Kier molecular flexibility index (Phi) is 7.26. The highest BCUT2D eigenvalue weighted by Gasteiger charge is 2.24. The van der Waals surface area contributed by atoms with E-state index in [0.717, 1.165) is 57.3 Å². The van der Waals surface area contributed by atoms with Gasteiger partial charge in [-0.2, -0.15) is 0 Å². The number of hydrogen-bond acceptors (Lipinski definition) is 4. The van der Waals surface area contributed by atoms with Gasteiger partial charge in [0.05, 0.1) is 17.6 Å². The normalized spacial score (nSPS) is 18.6. The van der Waals surface area contributed by atoms with Crippen LogP contribution in [-0.4, -0.2) is 59.4 Å². The van der Waals surface area contributed by atoms with E-state index < -0.39 is 0 Å². The zero-order valence-electron chi connectivity index (χ0n) is 20.2. The fourth-order valence-electron chi connectivity index (χ4n) is 5.30. The molecule has 6 heteroatoms. The minimum atomic E-state index is 0.0373. The van der Waals surface area contributed by atoms with Crippen molar-refractivity contribution in [2.45, 2.75) is 38.5 Å². The third kappa shape index (κ3) is 5.64. The van der Waals surface area contributed by atoms with Crippen molar-refractivity contribution in [1.29, 1.82) is 0 Å². The van der Waals surface area contributed by atoms with E-state index in [4.69, 9.17) is 4.74 Å². The minimum absolute atomic E-state index is 0.0373. The highest BCUT2D eigenvalue weighted by Crippen LogP contribution is 2.26. The maximum atomic E-state index is 13.4. The fourth-order valence-corrected chi connectivity index (χ4v) is 5.30. The number of carbonyl (C=O) groups is 2. The first-order valence-electron chi connectivity index (χ1n) is 12.8. The van der Waals surface area contributed by atoms with Crippen molar-refractivity contribution < 1.29 is 14.3 Å². The number of hydrogen-bond donors (Lipinski definition) is 0. The molecule has 0 saturated carbocycles. The average molecular weight is 472 g/mol. The predicted octanol–water partition coefficient (Wildman–Crippen LogP) is 4.72. The number of nitrogens with zero attached hydrogens (tertiary/aromatic N) is 3. The van der Waals surface area contributed by atoms with E-state index in [2.05, 4.69) is 29.2 Å². The van der Waals surface area contributed by atoms with Gasteiger partial charge in [-0.3, -0.25) is 14.6 Å². The number of fused-ring (bicyclic) bond motifs is 1. The van der Waals surface area contributed by atoms with Gasteiger partial charge in [-0.15, -0.1) is 0 Å². The lowest BCUT2D eigenvalue weighted by Gasteiger charge is -2.23. The Labute approximate surface area is 206 Å². The van der Waals surface area contributed by atoms with E-state index in [1.165, 1.54) is 10.9 Å². The quantitative estimate of drug-likeness (QED) is 0.500. The molecule has 0 unspecified atom stereocenters. The van der Waals surface area contributed by atoms with E-state index in [1.54, 1.807) is 0 Å². The summed E-state index contributed by atoms with van der Waals surface area (Å²) in [5, 5.41) is 1.18. The van der Waals surface area contributed by atoms with Crippen molar-refractivity contribution in [2.75, 3.05) is 32.8 Å². The summed E-state index contributed by atoms with van der Waals surface area (Å²) in [6.07, 6.45) is 7.53. The Hall–Kier alpha value is -3.41. The highest BCUT2D eigenvalue weighted by atomic mass is 16.5. The van der Waals surface area contributed by atoms with Crippen molar-refractivity contribution in [3.8, 4) is 5.75 Å². The zero-order chi connectivity index (χ0) is 24.0. The van der Waals surface area contributed by atoms with Crippen LogP contribution in [0.4, 0.5) is 0 Å². The van der Waals surface area contributed by atoms with Crippen LogP contribution >= 0.6 is 0 Å². The van der Waals surface area contributed by atoms with Gasteiger partial charge in [0, 0.05) is 37.6 Å². The van der Waals surface area contributed by atoms with Crippen molar-refractivity contribution in [3.63, 3.8) is 0 Å². The molecule has 0 radical (unpaired) electrons. The predicted molar refractivity (Wildman–Crippen MR) is 136 cm³/mol. The van der Waals surface area contributed by atoms with Crippen molar-refractivity contribution >= 4 is 22.7 Å². The van der Waals surface area contributed by atoms with Crippen LogP contribution in [-0.2, 0) is 11.2 Å². The number of benzene rings is 2. The SMILES string of the molecule is O=C1CCCN1CCOc1ccccc1C(=O)N1CCC[C@H](Cc2ccc3ncccc3c2)CC1. The average Bonchev–Trinajstić information content (AvgIpc) is 3.15. The van der Waals surface area contributed by atoms with Crippen LogP contribution in [0, 0.1) is 5.92 Å². The molecule has 2 aliphatic rings. The summed E-state index contributed by atoms with van der Waals surface area (Å²) in [7, 11) is 0. The topological polar surface area (TPSA) is 62.7 Å². The Bertz CT molecular complexity index is 1190. The number of aromatic nitrogens is 1. The molecular formula is C29H33N3O3. The van der Waals surface area contributed by atoms with Gasteiger partial charge in [0.15, 0.2) is 0 Å². The third-order valence-electron chi connectivity index (χ3n) is 7.23. The van der Waals surface area contributed by atoms with Crippen LogP contribution in [0.5, 0.6) is 5.75 Å². The lowest BCUT2D eigenvalue weighted by atomic mass is 9.92. The van der Waals surface area contributed by atoms with Gasteiger partial charge in [0.2, 0.25) is 5.91 Å². The minimum Gasteiger partial charge on any atom is -0.491 e. The van der Waals surface area contributed by atoms with E-state index >= 15 is 0 Å². The molecule has 2 amide bonds. The Balaban J connectivity index is 1.18. The van der Waals surface area contributed by atoms with Crippen LogP contribution < -0.4 is 4.74 Å². The van der Waals surface area contributed by atoms with Crippen LogP contribution in [0.1, 0.15) is 48.0 Å². The molecule has 3 aromatic rings. The summed E-state index contributed by atoms with van der Waals surface area (Å²) in [5.74, 6) is 1.40. The van der Waals surface area contributed by atoms with Gasteiger partial charge in [-0.05, 0) is 73.9 Å². The number of rotatable bonds is 7. The monoisotopic (exact) mass is 471 g/mol. The number of ether oxygens (including phenoxy) is 1. The van der Waals surface area contributed by atoms with E-state index in [0.29, 0.717) is 36.8 Å². The number of pyridine rings is 1. The molecule has 3 heterocycles. The van der Waals surface area contributed by atoms with Crippen LogP contribution in [0.3, 0.4) is 0 Å². The lowest BCUT2D eigenvalue weighted by molar-refractivity contribution is -0.128. The van der Waals surface area contributed by atoms with E-state index in [9.17, 15) is 9.59 Å². The standard InChI is InChI=1S/C29H33N3O3/c33-28-10-5-15-31(28)18-19-35-27-9-2-1-8-25(27)29(34)32-16-4-6-22(13-17-32)20-23-11-12-26-24(21-23)7-3-14-30-26/h1-3,7-9,11-12,14,21-22H,4-6,10,13,15-20H2/t22-/m0/s1. The lowest BCUT2D eigenvalue weighted by Crippen LogP contribution is -2.33. The molecule has 0 N–H and O–H groups in total. The molecule has 2 fully saturated rings. The van der Waals surface area contributed by atoms with Gasteiger partial charge >= 0.3 is 0 Å². The third-order valence-corrected chi connectivity index (χ3v) is 7.23. The van der Waals surface area contributed by atoms with Crippen LogP contribution in [0.2, 0.25) is 0 Å². The molecule has 0 aliphatic carbocycles. The zero-order valence-corrected chi connectivity index (χ0v) is 20.2. The molecule has 1 atom stereocenters. The molecule has 0 spiro atoms. The van der Waals surface area contributed by atoms with Gasteiger partial charge in [-0.25, -0.2) is 0 Å². The first-order chi connectivity index (χ1) is 17.2. The van der Waals surface area contributed by atoms with Gasteiger partial charge in [0.25, 0.3) is 5.91 Å². The molecule has 2 saturated heterocycles. The summed E-state index contributed by atoms with van der Waals surface area (Å²) in [5.41, 5.74) is 2.98. The fraction of sp³-hybridized carbons (Fsp3) is 0.414. The summed E-state index contributed by atoms with van der Waals surface area (Å²) in [6, 6.07) is 18.1. The van der Waals surface area contributed by atoms with Crippen molar-refractivity contribution in [3.05, 3.63) is 71.9 Å². The second kappa shape index (κ2) is 10.9. The molecule has 0 bridgehead atoms. The van der Waals surface area contributed by atoms with E-state index in [1.807, 2.05) is 46.3 Å². The highest BCUT2D eigenvalue weighted by molar-refractivity contribution is 5.97. The second-order valence-corrected chi connectivity index (χ2v) is 9.65. The van der Waals surface area contributed by atoms with Gasteiger partial charge in [0.1, 0.15) is 12.4 Å². The molecule has 5 rings (SSSR count). The maximum absolute atomic E-state index is 13.4. The summed E-state index contributed by atoms with van der Waals surface area (Å²) < 4.78 is 5.98. The smallest absolute Gasteiger partial charge is 0.257 e. The Morgan fingerprint density at radius 3 is 2.80 bits per heavy atom. The first-order valence-corrected chi connectivity index (χ1v) is 12.8. The van der Waals surface area contributed by atoms with Crippen LogP contribution in [0.25, 0.3) is 10.9 Å².